The summed E-state index contributed by atoms with van der Waals surface area (Å²) in [7, 11) is 0. The van der Waals surface area contributed by atoms with E-state index >= 15 is 0 Å². The Morgan fingerprint density at radius 1 is 0.625 bits per heavy atom. The van der Waals surface area contributed by atoms with Gasteiger partial charge in [-0.2, -0.15) is 0 Å². The molecular formula is H7ClNiO6. The summed E-state index contributed by atoms with van der Waals surface area (Å²) in [5, 5.41) is 0. The van der Waals surface area contributed by atoms with E-state index in [9.17, 15) is 0 Å². The molecule has 0 atom stereocenters. The average molecular weight is 197 g/mol. The minimum atomic E-state index is -7.54. The zero-order valence-electron chi connectivity index (χ0n) is 3.41. The maximum absolute atomic E-state index is 7.54. The molecule has 6 nitrogen and oxygen atoms in total. The molecule has 0 saturated carbocycles. The normalized spacial score (nSPS) is 20.2. The van der Waals surface area contributed by atoms with Gasteiger partial charge in [-0.1, -0.05) is 0 Å². The molecule has 0 radical (unpaired) electrons. The Kier molecular flexibility index (Phi) is 1.90. The molecule has 8 heavy (non-hydrogen) atoms. The molecule has 0 bridgehead atoms. The summed E-state index contributed by atoms with van der Waals surface area (Å²) >= 11 is -7.54. The monoisotopic (exact) mass is 196 g/mol. The first kappa shape index (κ1) is 11.4. The molecule has 0 unspecified atom stereocenters. The van der Waals surface area contributed by atoms with E-state index in [2.05, 4.69) is 0 Å². The van der Waals surface area contributed by atoms with E-state index in [-0.39, 0.29) is 12.4 Å². The molecule has 0 saturated heterocycles. The van der Waals surface area contributed by atoms with E-state index in [1.54, 1.807) is 0 Å². The van der Waals surface area contributed by atoms with Crippen molar-refractivity contribution < 1.29 is 37.8 Å². The van der Waals surface area contributed by atoms with Gasteiger partial charge in [-0.3, -0.25) is 0 Å². The third kappa shape index (κ3) is 681. The molecule has 0 aromatic carbocycles. The fourth-order valence-corrected chi connectivity index (χ4v) is 0. The number of rotatable bonds is 0. The summed E-state index contributed by atoms with van der Waals surface area (Å²) in [6.45, 7) is 0. The van der Waals surface area contributed by atoms with Crippen LogP contribution in [0.4, 0.5) is 0 Å². The third-order valence-corrected chi connectivity index (χ3v) is 0. The van der Waals surface area contributed by atoms with Crippen LogP contribution in [0.15, 0.2) is 0 Å². The van der Waals surface area contributed by atoms with Gasteiger partial charge in [0.15, 0.2) is 0 Å². The standard InChI is InChI=1S/ClH.Ni.6H2O/h1H;;6*1H2/q;+6;;;;;;/p-6. The van der Waals surface area contributed by atoms with E-state index in [1.807, 2.05) is 0 Å². The van der Waals surface area contributed by atoms with Crippen molar-refractivity contribution in [2.45, 2.75) is 0 Å². The van der Waals surface area contributed by atoms with Gasteiger partial charge in [-0.15, -0.1) is 12.4 Å². The Morgan fingerprint density at radius 2 is 0.625 bits per heavy atom. The van der Waals surface area contributed by atoms with E-state index < -0.39 is 12.3 Å². The van der Waals surface area contributed by atoms with Crippen LogP contribution in [0.5, 0.6) is 0 Å². The molecule has 0 aliphatic heterocycles. The Morgan fingerprint density at radius 3 is 0.625 bits per heavy atom. The molecule has 0 aliphatic rings. The molecule has 0 aromatic rings. The summed E-state index contributed by atoms with van der Waals surface area (Å²) in [6.07, 6.45) is 0. The van der Waals surface area contributed by atoms with Crippen molar-refractivity contribution in [1.82, 2.24) is 0 Å². The van der Waals surface area contributed by atoms with Gasteiger partial charge in [-0.25, -0.2) is 0 Å². The van der Waals surface area contributed by atoms with Crippen molar-refractivity contribution in [3.8, 4) is 0 Å². The summed E-state index contributed by atoms with van der Waals surface area (Å²) < 4.78 is 44.1. The van der Waals surface area contributed by atoms with Gasteiger partial charge < -0.3 is 0 Å². The Hall–Kier alpha value is 0.544. The summed E-state index contributed by atoms with van der Waals surface area (Å²) in [5.74, 6) is 0. The van der Waals surface area contributed by atoms with Crippen LogP contribution < -0.4 is 0 Å². The first-order valence-electron chi connectivity index (χ1n) is 0.849. The van der Waals surface area contributed by atoms with E-state index in [4.69, 9.17) is 25.5 Å². The molecule has 0 heterocycles. The van der Waals surface area contributed by atoms with Crippen LogP contribution in [0.25, 0.3) is 0 Å². The molecule has 0 fully saturated rings. The van der Waals surface area contributed by atoms with Crippen LogP contribution in [0, 0.1) is 0 Å². The fraction of sp³-hybridized carbons (Fsp3) is 0. The summed E-state index contributed by atoms with van der Waals surface area (Å²) in [6, 6.07) is 0. The predicted octanol–water partition coefficient (Wildman–Crippen LogP) is -2.92. The van der Waals surface area contributed by atoms with Crippen LogP contribution in [-0.2, 0) is 12.3 Å². The molecule has 8 heteroatoms. The summed E-state index contributed by atoms with van der Waals surface area (Å²) in [5.41, 5.74) is 0. The Balaban J connectivity index is 0. The SMILES string of the molecule is Cl.[OH][Ni]([OH])([OH])([OH])([OH])[OH]. The fourth-order valence-electron chi connectivity index (χ4n) is 0. The Labute approximate surface area is 50.9 Å². The van der Waals surface area contributed by atoms with Crippen LogP contribution in [0.3, 0.4) is 0 Å². The zero-order valence-corrected chi connectivity index (χ0v) is 5.21. The zero-order chi connectivity index (χ0) is 6.41. The summed E-state index contributed by atoms with van der Waals surface area (Å²) in [4.78, 5) is 0. The van der Waals surface area contributed by atoms with Crippen LogP contribution in [0.1, 0.15) is 0 Å². The van der Waals surface area contributed by atoms with E-state index in [1.165, 1.54) is 0 Å². The molecule has 0 rings (SSSR count). The third-order valence-electron chi connectivity index (χ3n) is 0. The second-order valence-electron chi connectivity index (χ2n) is 0.949. The molecule has 0 aliphatic carbocycles. The maximum atomic E-state index is 7.35. The number of halogens is 1. The topological polar surface area (TPSA) is 121 Å². The molecule has 0 amide bonds. The van der Waals surface area contributed by atoms with Crippen molar-refractivity contribution in [1.29, 1.82) is 0 Å². The van der Waals surface area contributed by atoms with Gasteiger partial charge in [0, 0.05) is 0 Å². The second kappa shape index (κ2) is 1.34. The Bertz CT molecular complexity index is 67.1. The van der Waals surface area contributed by atoms with Crippen molar-refractivity contribution in [2.24, 2.45) is 0 Å². The molecule has 60 valence electrons. The predicted molar refractivity (Wildman–Crippen MR) is 20.6 cm³/mol. The van der Waals surface area contributed by atoms with Gasteiger partial charge in [0.25, 0.3) is 0 Å². The second-order valence-corrected chi connectivity index (χ2v) is 3.91. The molecule has 0 spiro atoms. The minimum absolute atomic E-state index is 0. The van der Waals surface area contributed by atoms with Crippen LogP contribution >= 0.6 is 12.4 Å². The number of hydrogen-bond acceptors (Lipinski definition) is 6. The number of hydrogen-bond donors (Lipinski definition) is 6. The van der Waals surface area contributed by atoms with E-state index in [0.29, 0.717) is 0 Å². The van der Waals surface area contributed by atoms with Gasteiger partial charge >= 0.3 is 37.8 Å². The van der Waals surface area contributed by atoms with E-state index in [0.717, 1.165) is 0 Å². The first-order valence-corrected chi connectivity index (χ1v) is 3.50. The van der Waals surface area contributed by atoms with Crippen LogP contribution in [0.2, 0.25) is 0 Å². The van der Waals surface area contributed by atoms with Crippen molar-refractivity contribution in [3.05, 3.63) is 0 Å². The van der Waals surface area contributed by atoms with Gasteiger partial charge in [-0.05, 0) is 0 Å². The molecule has 0 aromatic heterocycles. The van der Waals surface area contributed by atoms with Crippen molar-refractivity contribution >= 4 is 12.4 Å². The quantitative estimate of drug-likeness (QED) is 0.231. The van der Waals surface area contributed by atoms with Crippen molar-refractivity contribution in [2.75, 3.05) is 0 Å². The average Bonchev–Trinajstić information content (AvgIpc) is 0.592. The van der Waals surface area contributed by atoms with Gasteiger partial charge in [0.2, 0.25) is 0 Å². The van der Waals surface area contributed by atoms with Crippen LogP contribution in [-0.4, -0.2) is 25.5 Å². The van der Waals surface area contributed by atoms with Gasteiger partial charge in [0.1, 0.15) is 0 Å². The molecule has 6 N–H and O–H groups in total. The first-order chi connectivity index (χ1) is 2.45. The van der Waals surface area contributed by atoms with Gasteiger partial charge in [0.05, 0.1) is 0 Å². The van der Waals surface area contributed by atoms with Crippen molar-refractivity contribution in [3.63, 3.8) is 0 Å². The molecular weight excluding hydrogens is 190 g/mol.